The third kappa shape index (κ3) is 2.32. The van der Waals surface area contributed by atoms with Crippen molar-refractivity contribution in [3.8, 4) is 0 Å². The molecule has 1 aromatic rings. The van der Waals surface area contributed by atoms with Crippen LogP contribution in [0.5, 0.6) is 0 Å². The van der Waals surface area contributed by atoms with Crippen LogP contribution in [-0.4, -0.2) is 39.0 Å². The van der Waals surface area contributed by atoms with Gasteiger partial charge in [0.2, 0.25) is 5.76 Å². The second-order valence-electron chi connectivity index (χ2n) is 6.06. The number of likely N-dealkylation sites (tertiary alicyclic amines) is 1. The first kappa shape index (κ1) is 14.1. The number of hydrogen-bond acceptors (Lipinski definition) is 4. The highest BCUT2D eigenvalue weighted by Crippen LogP contribution is 2.40. The lowest BCUT2D eigenvalue weighted by molar-refractivity contribution is -0.141. The molecule has 0 aromatic carbocycles. The van der Waals surface area contributed by atoms with E-state index < -0.39 is 12.0 Å². The maximum absolute atomic E-state index is 12.8. The fourth-order valence-electron chi connectivity index (χ4n) is 3.82. The van der Waals surface area contributed by atoms with Crippen molar-refractivity contribution in [2.75, 3.05) is 0 Å². The Bertz CT molecular complexity index is 580. The van der Waals surface area contributed by atoms with Crippen LogP contribution in [0, 0.1) is 19.8 Å². The van der Waals surface area contributed by atoms with Gasteiger partial charge in [0.15, 0.2) is 5.89 Å². The lowest BCUT2D eigenvalue weighted by Gasteiger charge is -2.32. The molecule has 1 aliphatic heterocycles. The Hall–Kier alpha value is -1.85. The molecule has 3 atom stereocenters. The number of aliphatic carboxylic acids is 1. The third-order valence-electron chi connectivity index (χ3n) is 4.71. The molecule has 0 unspecified atom stereocenters. The number of rotatable bonds is 2. The molecule has 2 aliphatic rings. The topological polar surface area (TPSA) is 83.6 Å². The Balaban J connectivity index is 1.94. The number of carbonyl (C=O) groups is 2. The Morgan fingerprint density at radius 3 is 2.62 bits per heavy atom. The van der Waals surface area contributed by atoms with Crippen molar-refractivity contribution >= 4 is 11.9 Å². The number of hydrogen-bond donors (Lipinski definition) is 1. The summed E-state index contributed by atoms with van der Waals surface area (Å²) in [6, 6.07) is -0.715. The van der Waals surface area contributed by atoms with Gasteiger partial charge in [-0.3, -0.25) is 4.79 Å². The predicted molar refractivity (Wildman–Crippen MR) is 73.9 cm³/mol. The molecule has 3 rings (SSSR count). The first-order chi connectivity index (χ1) is 9.99. The number of nitrogens with zero attached hydrogens (tertiary/aromatic N) is 2. The summed E-state index contributed by atoms with van der Waals surface area (Å²) in [5.74, 6) is -0.332. The van der Waals surface area contributed by atoms with Crippen molar-refractivity contribution in [1.29, 1.82) is 0 Å². The second kappa shape index (κ2) is 5.16. The molecule has 6 heteroatoms. The quantitative estimate of drug-likeness (QED) is 0.903. The van der Waals surface area contributed by atoms with Gasteiger partial charge < -0.3 is 14.4 Å². The van der Waals surface area contributed by atoms with Crippen LogP contribution in [0.4, 0.5) is 0 Å². The normalized spacial score (nSPS) is 28.5. The summed E-state index contributed by atoms with van der Waals surface area (Å²) in [6.45, 7) is 3.40. The number of amides is 1. The van der Waals surface area contributed by atoms with E-state index in [0.29, 0.717) is 23.9 Å². The molecule has 1 amide bonds. The van der Waals surface area contributed by atoms with Crippen molar-refractivity contribution in [3.05, 3.63) is 17.3 Å². The molecule has 114 valence electrons. The van der Waals surface area contributed by atoms with E-state index in [1.165, 1.54) is 0 Å². The molecule has 21 heavy (non-hydrogen) atoms. The second-order valence-corrected chi connectivity index (χ2v) is 6.06. The molecular weight excluding hydrogens is 272 g/mol. The van der Waals surface area contributed by atoms with E-state index in [-0.39, 0.29) is 17.7 Å². The highest BCUT2D eigenvalue weighted by molar-refractivity contribution is 5.95. The van der Waals surface area contributed by atoms with Crippen LogP contribution in [0.3, 0.4) is 0 Å². The van der Waals surface area contributed by atoms with Gasteiger partial charge in [-0.25, -0.2) is 9.78 Å². The SMILES string of the molecule is Cc1nc(C)c(C(=O)N2[C@H](C(=O)O)C[C@H]3CCCC[C@@H]32)o1. The fourth-order valence-corrected chi connectivity index (χ4v) is 3.82. The Morgan fingerprint density at radius 1 is 1.29 bits per heavy atom. The summed E-state index contributed by atoms with van der Waals surface area (Å²) < 4.78 is 5.40. The molecule has 0 bridgehead atoms. The van der Waals surface area contributed by atoms with Gasteiger partial charge in [0.05, 0.1) is 5.69 Å². The van der Waals surface area contributed by atoms with Gasteiger partial charge in [-0.1, -0.05) is 12.8 Å². The van der Waals surface area contributed by atoms with E-state index >= 15 is 0 Å². The van der Waals surface area contributed by atoms with Crippen molar-refractivity contribution in [2.45, 2.75) is 58.0 Å². The minimum Gasteiger partial charge on any atom is -0.480 e. The summed E-state index contributed by atoms with van der Waals surface area (Å²) in [4.78, 5) is 30.0. The smallest absolute Gasteiger partial charge is 0.326 e. The van der Waals surface area contributed by atoms with Gasteiger partial charge >= 0.3 is 5.97 Å². The average Bonchev–Trinajstić information content (AvgIpc) is 2.98. The van der Waals surface area contributed by atoms with Crippen LogP contribution >= 0.6 is 0 Å². The molecule has 0 spiro atoms. The Labute approximate surface area is 123 Å². The number of carbonyl (C=O) groups excluding carboxylic acids is 1. The Morgan fingerprint density at radius 2 is 2.00 bits per heavy atom. The van der Waals surface area contributed by atoms with Gasteiger partial charge in [-0.15, -0.1) is 0 Å². The van der Waals surface area contributed by atoms with Crippen LogP contribution < -0.4 is 0 Å². The maximum Gasteiger partial charge on any atom is 0.326 e. The van der Waals surface area contributed by atoms with Gasteiger partial charge in [0.1, 0.15) is 6.04 Å². The number of fused-ring (bicyclic) bond motifs is 1. The van der Waals surface area contributed by atoms with Crippen molar-refractivity contribution in [3.63, 3.8) is 0 Å². The molecular formula is C15H20N2O4. The highest BCUT2D eigenvalue weighted by Gasteiger charge is 2.48. The zero-order chi connectivity index (χ0) is 15.1. The summed E-state index contributed by atoms with van der Waals surface area (Å²) in [6.07, 6.45) is 4.61. The highest BCUT2D eigenvalue weighted by atomic mass is 16.4. The van der Waals surface area contributed by atoms with Crippen molar-refractivity contribution in [1.82, 2.24) is 9.88 Å². The molecule has 1 saturated heterocycles. The fraction of sp³-hybridized carbons (Fsp3) is 0.667. The Kier molecular flexibility index (Phi) is 3.47. The van der Waals surface area contributed by atoms with Crippen LogP contribution in [0.15, 0.2) is 4.42 Å². The third-order valence-corrected chi connectivity index (χ3v) is 4.71. The molecule has 1 saturated carbocycles. The van der Waals surface area contributed by atoms with E-state index in [0.717, 1.165) is 25.7 Å². The number of aromatic nitrogens is 1. The summed E-state index contributed by atoms with van der Waals surface area (Å²) >= 11 is 0. The largest absolute Gasteiger partial charge is 0.480 e. The van der Waals surface area contributed by atoms with Crippen LogP contribution in [0.2, 0.25) is 0 Å². The number of carboxylic acid groups (broad SMARTS) is 1. The lowest BCUT2D eigenvalue weighted by atomic mass is 9.84. The van der Waals surface area contributed by atoms with Crippen molar-refractivity contribution in [2.24, 2.45) is 5.92 Å². The van der Waals surface area contributed by atoms with E-state index in [1.807, 2.05) is 0 Å². The molecule has 2 fully saturated rings. The van der Waals surface area contributed by atoms with Gasteiger partial charge in [-0.2, -0.15) is 0 Å². The zero-order valence-electron chi connectivity index (χ0n) is 12.3. The predicted octanol–water partition coefficient (Wildman–Crippen LogP) is 2.15. The van der Waals surface area contributed by atoms with Gasteiger partial charge in [-0.05, 0) is 32.1 Å². The molecule has 6 nitrogen and oxygen atoms in total. The van der Waals surface area contributed by atoms with Crippen LogP contribution in [0.1, 0.15) is 54.2 Å². The molecule has 1 aliphatic carbocycles. The minimum atomic E-state index is -0.924. The van der Waals surface area contributed by atoms with Gasteiger partial charge in [0.25, 0.3) is 5.91 Å². The van der Waals surface area contributed by atoms with E-state index in [1.54, 1.807) is 18.7 Å². The zero-order valence-corrected chi connectivity index (χ0v) is 12.3. The number of carboxylic acids is 1. The van der Waals surface area contributed by atoms with Gasteiger partial charge in [0, 0.05) is 13.0 Å². The minimum absolute atomic E-state index is 0.0251. The van der Waals surface area contributed by atoms with E-state index in [4.69, 9.17) is 4.42 Å². The number of oxazole rings is 1. The standard InChI is InChI=1S/C15H20N2O4/c1-8-13(21-9(2)16-8)14(18)17-11-6-4-3-5-10(11)7-12(17)15(19)20/h10-12H,3-7H2,1-2H3,(H,19,20)/t10-,11+,12+/m1/s1. The first-order valence-electron chi connectivity index (χ1n) is 7.48. The van der Waals surface area contributed by atoms with E-state index in [2.05, 4.69) is 4.98 Å². The molecule has 1 N–H and O–H groups in total. The monoisotopic (exact) mass is 292 g/mol. The molecule has 1 aromatic heterocycles. The molecule has 0 radical (unpaired) electrons. The lowest BCUT2D eigenvalue weighted by Crippen LogP contribution is -2.46. The summed E-state index contributed by atoms with van der Waals surface area (Å²) in [5.41, 5.74) is 0.529. The summed E-state index contributed by atoms with van der Waals surface area (Å²) in [5, 5.41) is 9.46. The number of aryl methyl sites for hydroxylation is 2. The maximum atomic E-state index is 12.8. The summed E-state index contributed by atoms with van der Waals surface area (Å²) in [7, 11) is 0. The van der Waals surface area contributed by atoms with Crippen LogP contribution in [0.25, 0.3) is 0 Å². The average molecular weight is 292 g/mol. The first-order valence-corrected chi connectivity index (χ1v) is 7.48. The van der Waals surface area contributed by atoms with Crippen LogP contribution in [-0.2, 0) is 4.79 Å². The van der Waals surface area contributed by atoms with Crippen molar-refractivity contribution < 1.29 is 19.1 Å². The molecule has 2 heterocycles. The van der Waals surface area contributed by atoms with E-state index in [9.17, 15) is 14.7 Å².